The first kappa shape index (κ1) is 23.4. The normalized spacial score (nSPS) is 19.4. The third-order valence-corrected chi connectivity index (χ3v) is 7.41. The summed E-state index contributed by atoms with van der Waals surface area (Å²) < 4.78 is 15.4. The minimum Gasteiger partial charge on any atom is -0.343 e. The Hall–Kier alpha value is -3.36. The summed E-state index contributed by atoms with van der Waals surface area (Å²) >= 11 is 6.27. The predicted molar refractivity (Wildman–Crippen MR) is 136 cm³/mol. The average Bonchev–Trinajstić information content (AvgIpc) is 3.44. The number of nitrogens with one attached hydrogen (secondary N) is 1. The van der Waals surface area contributed by atoms with Crippen molar-refractivity contribution in [1.82, 2.24) is 15.1 Å². The molecule has 0 saturated heterocycles. The third kappa shape index (κ3) is 4.76. The Kier molecular flexibility index (Phi) is 6.49. The van der Waals surface area contributed by atoms with E-state index >= 15 is 0 Å². The molecule has 3 atom stereocenters. The zero-order valence-corrected chi connectivity index (χ0v) is 20.6. The molecule has 0 bridgehead atoms. The molecule has 178 valence electrons. The second-order valence-electron chi connectivity index (χ2n) is 9.37. The lowest BCUT2D eigenvalue weighted by Crippen LogP contribution is -2.34. The fourth-order valence-corrected chi connectivity index (χ4v) is 5.73. The molecule has 0 radical (unpaired) electrons. The number of carbonyl (C=O) groups excluding carboxylic acids is 1. The number of nitrogens with zero attached hydrogens (tertiary/aromatic N) is 2. The Balaban J connectivity index is 1.39. The van der Waals surface area contributed by atoms with Crippen LogP contribution in [0.1, 0.15) is 55.8 Å². The number of fused-ring (bicyclic) bond motifs is 1. The molecular weight excluding hydrogens is 461 g/mol. The minimum absolute atomic E-state index is 0.0878. The van der Waals surface area contributed by atoms with E-state index in [4.69, 9.17) is 11.6 Å². The van der Waals surface area contributed by atoms with Gasteiger partial charge in [0.2, 0.25) is 5.91 Å². The fourth-order valence-electron chi connectivity index (χ4n) is 5.54. The molecule has 1 heterocycles. The van der Waals surface area contributed by atoms with E-state index in [1.807, 2.05) is 35.1 Å². The number of halogens is 2. The maximum Gasteiger partial charge on any atom is 0.217 e. The van der Waals surface area contributed by atoms with Gasteiger partial charge in [-0.2, -0.15) is 5.10 Å². The van der Waals surface area contributed by atoms with Crippen LogP contribution < -0.4 is 5.32 Å². The van der Waals surface area contributed by atoms with Gasteiger partial charge in [-0.15, -0.1) is 0 Å². The first-order chi connectivity index (χ1) is 16.9. The number of amides is 1. The standard InChI is InChI=1S/C29H27ClFN3O/c1-18-26-17-32-34(25-13-10-23(31)11-14-25)28(26)16-22-8-7-21(29(18)22)15-24(33-19(2)35)12-9-20-5-3-4-6-27(20)30/h3-6,10-11,13-14,17-18,21,24H,7-8,15-16H2,1-2H3,(H,33,35)/t18-,21+,24?/m0/s1. The summed E-state index contributed by atoms with van der Waals surface area (Å²) in [5.74, 6) is 6.67. The van der Waals surface area contributed by atoms with Crippen LogP contribution in [-0.2, 0) is 11.2 Å². The Labute approximate surface area is 210 Å². The van der Waals surface area contributed by atoms with E-state index in [1.165, 1.54) is 41.5 Å². The van der Waals surface area contributed by atoms with Crippen molar-refractivity contribution in [3.63, 3.8) is 0 Å². The summed E-state index contributed by atoms with van der Waals surface area (Å²) in [6, 6.07) is 13.7. The molecule has 35 heavy (non-hydrogen) atoms. The maximum absolute atomic E-state index is 13.4. The van der Waals surface area contributed by atoms with Crippen molar-refractivity contribution in [3.05, 3.63) is 93.5 Å². The van der Waals surface area contributed by atoms with Crippen molar-refractivity contribution in [2.75, 3.05) is 0 Å². The minimum atomic E-state index is -0.254. The lowest BCUT2D eigenvalue weighted by atomic mass is 9.78. The number of carbonyl (C=O) groups is 1. The summed E-state index contributed by atoms with van der Waals surface area (Å²) in [6.45, 7) is 3.77. The summed E-state index contributed by atoms with van der Waals surface area (Å²) in [5.41, 5.74) is 6.96. The van der Waals surface area contributed by atoms with Crippen LogP contribution in [0.2, 0.25) is 5.02 Å². The molecule has 2 aliphatic rings. The third-order valence-electron chi connectivity index (χ3n) is 7.08. The number of hydrogen-bond donors (Lipinski definition) is 1. The first-order valence-corrected chi connectivity index (χ1v) is 12.4. The van der Waals surface area contributed by atoms with E-state index in [2.05, 4.69) is 29.2 Å². The molecule has 2 aromatic carbocycles. The van der Waals surface area contributed by atoms with Crippen molar-refractivity contribution in [1.29, 1.82) is 0 Å². The van der Waals surface area contributed by atoms with E-state index in [1.54, 1.807) is 12.1 Å². The predicted octanol–water partition coefficient (Wildman–Crippen LogP) is 5.98. The van der Waals surface area contributed by atoms with Gasteiger partial charge in [0.25, 0.3) is 0 Å². The van der Waals surface area contributed by atoms with Crippen molar-refractivity contribution in [2.45, 2.75) is 51.5 Å². The summed E-state index contributed by atoms with van der Waals surface area (Å²) in [7, 11) is 0. The van der Waals surface area contributed by atoms with Gasteiger partial charge >= 0.3 is 0 Å². The molecule has 1 aromatic heterocycles. The summed E-state index contributed by atoms with van der Waals surface area (Å²) in [4.78, 5) is 11.9. The molecule has 0 fully saturated rings. The van der Waals surface area contributed by atoms with Gasteiger partial charge in [-0.1, -0.05) is 53.6 Å². The van der Waals surface area contributed by atoms with Crippen LogP contribution in [0, 0.1) is 23.6 Å². The molecule has 2 aliphatic carbocycles. The largest absolute Gasteiger partial charge is 0.343 e. The van der Waals surface area contributed by atoms with Gasteiger partial charge < -0.3 is 5.32 Å². The van der Waals surface area contributed by atoms with Crippen LogP contribution in [0.3, 0.4) is 0 Å². The second-order valence-corrected chi connectivity index (χ2v) is 9.77. The molecule has 1 amide bonds. The Bertz CT molecular complexity index is 1360. The van der Waals surface area contributed by atoms with Crippen molar-refractivity contribution < 1.29 is 9.18 Å². The number of rotatable bonds is 4. The highest BCUT2D eigenvalue weighted by molar-refractivity contribution is 6.31. The van der Waals surface area contributed by atoms with Crippen LogP contribution in [0.25, 0.3) is 5.69 Å². The zero-order chi connectivity index (χ0) is 24.5. The zero-order valence-electron chi connectivity index (χ0n) is 19.8. The molecule has 1 N–H and O–H groups in total. The van der Waals surface area contributed by atoms with Gasteiger partial charge in [-0.3, -0.25) is 4.79 Å². The topological polar surface area (TPSA) is 46.9 Å². The molecule has 0 aliphatic heterocycles. The van der Waals surface area contributed by atoms with E-state index in [9.17, 15) is 9.18 Å². The van der Waals surface area contributed by atoms with Crippen molar-refractivity contribution in [2.24, 2.45) is 5.92 Å². The molecule has 5 rings (SSSR count). The van der Waals surface area contributed by atoms with Gasteiger partial charge in [0.15, 0.2) is 0 Å². The van der Waals surface area contributed by atoms with E-state index in [0.717, 1.165) is 36.9 Å². The van der Waals surface area contributed by atoms with Gasteiger partial charge in [0.1, 0.15) is 5.82 Å². The van der Waals surface area contributed by atoms with Crippen LogP contribution in [0.5, 0.6) is 0 Å². The average molecular weight is 488 g/mol. The van der Waals surface area contributed by atoms with Gasteiger partial charge in [0.05, 0.1) is 28.6 Å². The van der Waals surface area contributed by atoms with Gasteiger partial charge in [-0.25, -0.2) is 9.07 Å². The second kappa shape index (κ2) is 9.71. The number of aromatic nitrogens is 2. The van der Waals surface area contributed by atoms with Crippen LogP contribution in [-0.4, -0.2) is 21.7 Å². The SMILES string of the molecule is CC(=O)NC(C#Cc1ccccc1Cl)C[C@H]1CCC2=C1[C@@H](C)c1cnn(-c3ccc(F)cc3)c1C2. The molecular formula is C29H27ClFN3O. The highest BCUT2D eigenvalue weighted by Crippen LogP contribution is 2.48. The molecule has 0 saturated carbocycles. The van der Waals surface area contributed by atoms with Crippen molar-refractivity contribution >= 4 is 17.5 Å². The lowest BCUT2D eigenvalue weighted by Gasteiger charge is -2.28. The smallest absolute Gasteiger partial charge is 0.217 e. The van der Waals surface area contributed by atoms with E-state index in [-0.39, 0.29) is 23.7 Å². The molecule has 0 spiro atoms. The number of hydrogen-bond acceptors (Lipinski definition) is 2. The Morgan fingerprint density at radius 3 is 2.77 bits per heavy atom. The van der Waals surface area contributed by atoms with E-state index in [0.29, 0.717) is 10.9 Å². The summed E-state index contributed by atoms with van der Waals surface area (Å²) in [6.07, 6.45) is 5.64. The van der Waals surface area contributed by atoms with E-state index < -0.39 is 0 Å². The highest BCUT2D eigenvalue weighted by Gasteiger charge is 2.37. The maximum atomic E-state index is 13.4. The van der Waals surface area contributed by atoms with Gasteiger partial charge in [-0.05, 0) is 61.6 Å². The number of benzene rings is 2. The molecule has 6 heteroatoms. The van der Waals surface area contributed by atoms with Crippen LogP contribution in [0.4, 0.5) is 4.39 Å². The van der Waals surface area contributed by atoms with Crippen molar-refractivity contribution in [3.8, 4) is 17.5 Å². The van der Waals surface area contributed by atoms with Gasteiger partial charge in [0, 0.05) is 30.4 Å². The molecule has 3 aromatic rings. The summed E-state index contributed by atoms with van der Waals surface area (Å²) in [5, 5.41) is 8.29. The quantitative estimate of drug-likeness (QED) is 0.363. The Morgan fingerprint density at radius 2 is 2.03 bits per heavy atom. The molecule has 1 unspecified atom stereocenters. The highest BCUT2D eigenvalue weighted by atomic mass is 35.5. The first-order valence-electron chi connectivity index (χ1n) is 12.0. The van der Waals surface area contributed by atoms with Crippen LogP contribution in [0.15, 0.2) is 65.9 Å². The molecule has 4 nitrogen and oxygen atoms in total. The number of allylic oxidation sites excluding steroid dienone is 2. The fraction of sp³-hybridized carbons (Fsp3) is 0.310. The monoisotopic (exact) mass is 487 g/mol. The van der Waals surface area contributed by atoms with Crippen LogP contribution >= 0.6 is 11.6 Å². The lowest BCUT2D eigenvalue weighted by molar-refractivity contribution is -0.119. The Morgan fingerprint density at radius 1 is 1.26 bits per heavy atom.